The normalized spacial score (nSPS) is 12.5. The molecule has 2 aromatic carbocycles. The van der Waals surface area contributed by atoms with Gasteiger partial charge in [-0.1, -0.05) is 24.3 Å². The molecule has 6 heteroatoms. The second-order valence-corrected chi connectivity index (χ2v) is 7.35. The molecule has 1 aliphatic rings. The molecule has 0 bridgehead atoms. The predicted octanol–water partition coefficient (Wildman–Crippen LogP) is 3.50. The van der Waals surface area contributed by atoms with E-state index in [9.17, 15) is 9.59 Å². The van der Waals surface area contributed by atoms with E-state index in [1.807, 2.05) is 42.5 Å². The Balaban J connectivity index is 1.48. The van der Waals surface area contributed by atoms with E-state index in [1.165, 1.54) is 18.7 Å². The summed E-state index contributed by atoms with van der Waals surface area (Å²) >= 11 is 1.49. The second kappa shape index (κ2) is 9.46. The zero-order valence-corrected chi connectivity index (χ0v) is 16.1. The van der Waals surface area contributed by atoms with Crippen molar-refractivity contribution in [3.05, 3.63) is 53.6 Å². The van der Waals surface area contributed by atoms with Gasteiger partial charge in [0.1, 0.15) is 13.2 Å². The summed E-state index contributed by atoms with van der Waals surface area (Å²) in [4.78, 5) is 24.3. The van der Waals surface area contributed by atoms with Crippen LogP contribution in [0.4, 0.5) is 0 Å². The minimum absolute atomic E-state index is 0.00791. The number of benzene rings is 2. The molecule has 5 nitrogen and oxygen atoms in total. The zero-order chi connectivity index (χ0) is 19.1. The highest BCUT2D eigenvalue weighted by Gasteiger charge is 2.13. The molecule has 1 amide bonds. The van der Waals surface area contributed by atoms with E-state index in [1.54, 1.807) is 0 Å². The summed E-state index contributed by atoms with van der Waals surface area (Å²) in [5.74, 6) is 1.96. The van der Waals surface area contributed by atoms with E-state index in [2.05, 4.69) is 5.32 Å². The summed E-state index contributed by atoms with van der Waals surface area (Å²) in [6.07, 6.45) is 1.76. The number of hydrogen-bond donors (Lipinski definition) is 1. The Morgan fingerprint density at radius 3 is 2.52 bits per heavy atom. The molecule has 0 atom stereocenters. The van der Waals surface area contributed by atoms with Gasteiger partial charge in [-0.15, -0.1) is 11.8 Å². The first-order chi connectivity index (χ1) is 13.1. The summed E-state index contributed by atoms with van der Waals surface area (Å²) < 4.78 is 11.1. The van der Waals surface area contributed by atoms with Crippen LogP contribution in [0.3, 0.4) is 0 Å². The number of nitrogens with one attached hydrogen (secondary N) is 1. The number of fused-ring (bicyclic) bond motifs is 1. The molecule has 0 aliphatic carbocycles. The molecule has 1 N–H and O–H groups in total. The van der Waals surface area contributed by atoms with Gasteiger partial charge in [0.15, 0.2) is 17.3 Å². The number of Topliss-reactive ketones (excluding diaryl/α,β-unsaturated/α-hetero) is 1. The van der Waals surface area contributed by atoms with Gasteiger partial charge in [0.05, 0.1) is 5.75 Å². The Labute approximate surface area is 163 Å². The molecule has 1 heterocycles. The van der Waals surface area contributed by atoms with Crippen LogP contribution >= 0.6 is 11.8 Å². The summed E-state index contributed by atoms with van der Waals surface area (Å²) in [5.41, 5.74) is 1.88. The van der Waals surface area contributed by atoms with Gasteiger partial charge in [-0.3, -0.25) is 9.59 Å². The van der Waals surface area contributed by atoms with Gasteiger partial charge in [0, 0.05) is 23.9 Å². The van der Waals surface area contributed by atoms with Crippen molar-refractivity contribution in [2.75, 3.05) is 25.5 Å². The van der Waals surface area contributed by atoms with Crippen LogP contribution < -0.4 is 14.8 Å². The van der Waals surface area contributed by atoms with Gasteiger partial charge >= 0.3 is 0 Å². The molecule has 0 unspecified atom stereocenters. The van der Waals surface area contributed by atoms with Crippen molar-refractivity contribution in [2.24, 2.45) is 0 Å². The van der Waals surface area contributed by atoms with E-state index in [4.69, 9.17) is 9.47 Å². The maximum absolute atomic E-state index is 12.4. The highest BCUT2D eigenvalue weighted by Crippen LogP contribution is 2.34. The number of hydrogen-bond acceptors (Lipinski definition) is 5. The van der Waals surface area contributed by atoms with Gasteiger partial charge < -0.3 is 14.8 Å². The first-order valence-electron chi connectivity index (χ1n) is 9.01. The average molecular weight is 385 g/mol. The smallest absolute Gasteiger partial charge is 0.216 e. The van der Waals surface area contributed by atoms with E-state index in [-0.39, 0.29) is 11.7 Å². The number of rotatable bonds is 8. The number of amides is 1. The Hall–Kier alpha value is -2.47. The van der Waals surface area contributed by atoms with Gasteiger partial charge in [-0.25, -0.2) is 0 Å². The van der Waals surface area contributed by atoms with Crippen LogP contribution in [0.2, 0.25) is 0 Å². The van der Waals surface area contributed by atoms with Crippen LogP contribution in [0.15, 0.2) is 47.4 Å². The third-order valence-corrected chi connectivity index (χ3v) is 5.17. The zero-order valence-electron chi connectivity index (χ0n) is 15.3. The molecule has 0 spiro atoms. The SMILES string of the molecule is CC(=O)NCCCc1ccc(C(=O)CSc2ccc3c(c2)OCCO3)cc1. The molecular formula is C21H23NO4S. The number of aryl methyl sites for hydroxylation is 1. The van der Waals surface area contributed by atoms with E-state index in [0.29, 0.717) is 31.1 Å². The van der Waals surface area contributed by atoms with Crippen molar-refractivity contribution in [1.29, 1.82) is 0 Å². The topological polar surface area (TPSA) is 64.6 Å². The van der Waals surface area contributed by atoms with Crippen molar-refractivity contribution < 1.29 is 19.1 Å². The maximum Gasteiger partial charge on any atom is 0.216 e. The first kappa shape index (κ1) is 19.3. The van der Waals surface area contributed by atoms with Crippen molar-refractivity contribution in [1.82, 2.24) is 5.32 Å². The van der Waals surface area contributed by atoms with E-state index < -0.39 is 0 Å². The molecule has 3 rings (SSSR count). The lowest BCUT2D eigenvalue weighted by Gasteiger charge is -2.18. The second-order valence-electron chi connectivity index (χ2n) is 6.30. The van der Waals surface area contributed by atoms with Crippen LogP contribution in [0.25, 0.3) is 0 Å². The molecule has 0 saturated heterocycles. The third-order valence-electron chi connectivity index (χ3n) is 4.18. The lowest BCUT2D eigenvalue weighted by molar-refractivity contribution is -0.118. The van der Waals surface area contributed by atoms with Gasteiger partial charge in [-0.05, 0) is 36.6 Å². The van der Waals surface area contributed by atoms with Gasteiger partial charge in [0.2, 0.25) is 5.91 Å². The van der Waals surface area contributed by atoms with Crippen molar-refractivity contribution in [3.8, 4) is 11.5 Å². The number of ether oxygens (including phenoxy) is 2. The fourth-order valence-corrected chi connectivity index (χ4v) is 3.58. The first-order valence-corrected chi connectivity index (χ1v) is 9.99. The summed E-state index contributed by atoms with van der Waals surface area (Å²) in [6, 6.07) is 13.5. The Kier molecular flexibility index (Phi) is 6.76. The summed E-state index contributed by atoms with van der Waals surface area (Å²) in [5, 5.41) is 2.78. The molecule has 1 aliphatic heterocycles. The standard InChI is InChI=1S/C21H23NO4S/c1-15(23)22-10-2-3-16-4-6-17(7-5-16)19(24)14-27-18-8-9-20-21(13-18)26-12-11-25-20/h4-9,13H,2-3,10-12,14H2,1H3,(H,22,23). The molecule has 27 heavy (non-hydrogen) atoms. The number of thioether (sulfide) groups is 1. The van der Waals surface area contributed by atoms with Crippen LogP contribution in [0, 0.1) is 0 Å². The van der Waals surface area contributed by atoms with Gasteiger partial charge in [-0.2, -0.15) is 0 Å². The minimum Gasteiger partial charge on any atom is -0.486 e. The summed E-state index contributed by atoms with van der Waals surface area (Å²) in [7, 11) is 0. The number of ketones is 1. The molecule has 0 aromatic heterocycles. The predicted molar refractivity (Wildman–Crippen MR) is 106 cm³/mol. The number of carbonyl (C=O) groups excluding carboxylic acids is 2. The molecule has 2 aromatic rings. The number of carbonyl (C=O) groups is 2. The largest absolute Gasteiger partial charge is 0.486 e. The quantitative estimate of drug-likeness (QED) is 0.428. The third kappa shape index (κ3) is 5.76. The van der Waals surface area contributed by atoms with E-state index >= 15 is 0 Å². The van der Waals surface area contributed by atoms with Crippen LogP contribution in [0.5, 0.6) is 11.5 Å². The Morgan fingerprint density at radius 2 is 1.78 bits per heavy atom. The lowest BCUT2D eigenvalue weighted by atomic mass is 10.1. The molecule has 0 saturated carbocycles. The van der Waals surface area contributed by atoms with Crippen LogP contribution in [0.1, 0.15) is 29.3 Å². The lowest BCUT2D eigenvalue weighted by Crippen LogP contribution is -2.21. The molecule has 0 fully saturated rings. The van der Waals surface area contributed by atoms with E-state index in [0.717, 1.165) is 34.8 Å². The average Bonchev–Trinajstić information content (AvgIpc) is 2.69. The fourth-order valence-electron chi connectivity index (χ4n) is 2.76. The van der Waals surface area contributed by atoms with Gasteiger partial charge in [0.25, 0.3) is 0 Å². The van der Waals surface area contributed by atoms with Crippen molar-refractivity contribution in [2.45, 2.75) is 24.7 Å². The summed E-state index contributed by atoms with van der Waals surface area (Å²) in [6.45, 7) is 3.31. The fraction of sp³-hybridized carbons (Fsp3) is 0.333. The minimum atomic E-state index is -0.00791. The van der Waals surface area contributed by atoms with Crippen molar-refractivity contribution in [3.63, 3.8) is 0 Å². The van der Waals surface area contributed by atoms with Crippen LogP contribution in [-0.2, 0) is 11.2 Å². The highest BCUT2D eigenvalue weighted by atomic mass is 32.2. The molecule has 142 valence electrons. The Bertz CT molecular complexity index is 804. The highest BCUT2D eigenvalue weighted by molar-refractivity contribution is 8.00. The monoisotopic (exact) mass is 385 g/mol. The Morgan fingerprint density at radius 1 is 1.04 bits per heavy atom. The molecular weight excluding hydrogens is 362 g/mol. The van der Waals surface area contributed by atoms with Crippen LogP contribution in [-0.4, -0.2) is 37.2 Å². The van der Waals surface area contributed by atoms with Crippen molar-refractivity contribution >= 4 is 23.5 Å². The molecule has 0 radical (unpaired) electrons. The maximum atomic E-state index is 12.4.